The van der Waals surface area contributed by atoms with Crippen molar-refractivity contribution in [3.05, 3.63) is 18.0 Å². The molecule has 3 heterocycles. The Morgan fingerprint density at radius 2 is 2.18 bits per heavy atom. The summed E-state index contributed by atoms with van der Waals surface area (Å²) in [6.45, 7) is 6.03. The molecule has 1 aromatic rings. The van der Waals surface area contributed by atoms with Gasteiger partial charge in [-0.25, -0.2) is 0 Å². The minimum atomic E-state index is 0.619. The van der Waals surface area contributed by atoms with Crippen LogP contribution in [-0.2, 0) is 13.6 Å². The van der Waals surface area contributed by atoms with Gasteiger partial charge in [-0.3, -0.25) is 9.58 Å². The van der Waals surface area contributed by atoms with Crippen LogP contribution < -0.4 is 5.32 Å². The average Bonchev–Trinajstić information content (AvgIpc) is 2.89. The maximum absolute atomic E-state index is 4.24. The molecule has 4 nitrogen and oxygen atoms in total. The molecule has 1 spiro atoms. The van der Waals surface area contributed by atoms with E-state index in [1.54, 1.807) is 0 Å². The predicted molar refractivity (Wildman–Crippen MR) is 67.6 cm³/mol. The highest BCUT2D eigenvalue weighted by molar-refractivity contribution is 5.05. The molecule has 3 rings (SSSR count). The first-order valence-corrected chi connectivity index (χ1v) is 6.66. The van der Waals surface area contributed by atoms with Crippen LogP contribution >= 0.6 is 0 Å². The fraction of sp³-hybridized carbons (Fsp3) is 0.769. The van der Waals surface area contributed by atoms with Gasteiger partial charge in [-0.15, -0.1) is 0 Å². The van der Waals surface area contributed by atoms with Gasteiger partial charge in [0.1, 0.15) is 0 Å². The topological polar surface area (TPSA) is 33.1 Å². The third kappa shape index (κ3) is 2.38. The Morgan fingerprint density at radius 1 is 1.35 bits per heavy atom. The first-order chi connectivity index (χ1) is 8.26. The van der Waals surface area contributed by atoms with Gasteiger partial charge in [0.05, 0.1) is 6.20 Å². The lowest BCUT2D eigenvalue weighted by atomic mass is 9.78. The van der Waals surface area contributed by atoms with Gasteiger partial charge in [-0.2, -0.15) is 5.10 Å². The van der Waals surface area contributed by atoms with Crippen molar-refractivity contribution in [3.63, 3.8) is 0 Å². The Balaban J connectivity index is 1.60. The lowest BCUT2D eigenvalue weighted by Gasteiger charge is -2.33. The molecule has 2 aliphatic rings. The Kier molecular flexibility index (Phi) is 2.92. The summed E-state index contributed by atoms with van der Waals surface area (Å²) in [6.07, 6.45) is 8.23. The van der Waals surface area contributed by atoms with Crippen LogP contribution in [0.5, 0.6) is 0 Å². The molecule has 1 N–H and O–H groups in total. The number of piperidine rings is 1. The van der Waals surface area contributed by atoms with Gasteiger partial charge in [0.25, 0.3) is 0 Å². The van der Waals surface area contributed by atoms with Crippen molar-refractivity contribution in [2.75, 3.05) is 26.2 Å². The standard InChI is InChI=1S/C13H22N4/c1-16-9-12(8-15-16)10-17-7-4-13(11-17)2-5-14-6-3-13/h8-9,14H,2-7,10-11H2,1H3. The second-order valence-corrected chi connectivity index (χ2v) is 5.73. The van der Waals surface area contributed by atoms with E-state index < -0.39 is 0 Å². The van der Waals surface area contributed by atoms with Crippen LogP contribution in [0.25, 0.3) is 0 Å². The number of hydrogen-bond acceptors (Lipinski definition) is 3. The van der Waals surface area contributed by atoms with E-state index in [2.05, 4.69) is 21.5 Å². The summed E-state index contributed by atoms with van der Waals surface area (Å²) in [5.74, 6) is 0. The summed E-state index contributed by atoms with van der Waals surface area (Å²) < 4.78 is 1.89. The molecule has 0 unspecified atom stereocenters. The van der Waals surface area contributed by atoms with Crippen molar-refractivity contribution < 1.29 is 0 Å². The zero-order chi connectivity index (χ0) is 11.7. The Morgan fingerprint density at radius 3 is 2.88 bits per heavy atom. The maximum Gasteiger partial charge on any atom is 0.0534 e. The molecule has 4 heteroatoms. The molecule has 1 aromatic heterocycles. The zero-order valence-corrected chi connectivity index (χ0v) is 10.7. The van der Waals surface area contributed by atoms with Crippen molar-refractivity contribution >= 4 is 0 Å². The summed E-state index contributed by atoms with van der Waals surface area (Å²) in [6, 6.07) is 0. The Hall–Kier alpha value is -0.870. The number of rotatable bonds is 2. The third-order valence-corrected chi connectivity index (χ3v) is 4.35. The molecule has 17 heavy (non-hydrogen) atoms. The van der Waals surface area contributed by atoms with Gasteiger partial charge in [0.15, 0.2) is 0 Å². The zero-order valence-electron chi connectivity index (χ0n) is 10.7. The highest BCUT2D eigenvalue weighted by atomic mass is 15.2. The number of nitrogens with one attached hydrogen (secondary N) is 1. The van der Waals surface area contributed by atoms with Gasteiger partial charge < -0.3 is 5.32 Å². The molecule has 0 bridgehead atoms. The van der Waals surface area contributed by atoms with E-state index in [9.17, 15) is 0 Å². The van der Waals surface area contributed by atoms with Crippen molar-refractivity contribution in [1.82, 2.24) is 20.0 Å². The van der Waals surface area contributed by atoms with Crippen LogP contribution in [0.4, 0.5) is 0 Å². The van der Waals surface area contributed by atoms with E-state index in [1.807, 2.05) is 17.9 Å². The van der Waals surface area contributed by atoms with E-state index in [-0.39, 0.29) is 0 Å². The second-order valence-electron chi connectivity index (χ2n) is 5.73. The molecule has 0 saturated carbocycles. The van der Waals surface area contributed by atoms with Crippen molar-refractivity contribution in [3.8, 4) is 0 Å². The minimum Gasteiger partial charge on any atom is -0.317 e. The molecule has 2 saturated heterocycles. The molecule has 0 radical (unpaired) electrons. The first kappa shape index (κ1) is 11.2. The largest absolute Gasteiger partial charge is 0.317 e. The van der Waals surface area contributed by atoms with E-state index in [0.717, 1.165) is 6.54 Å². The Bertz CT molecular complexity index is 379. The van der Waals surface area contributed by atoms with Crippen LogP contribution in [0.2, 0.25) is 0 Å². The summed E-state index contributed by atoms with van der Waals surface area (Å²) in [5.41, 5.74) is 1.96. The molecule has 0 atom stereocenters. The molecular formula is C13H22N4. The summed E-state index contributed by atoms with van der Waals surface area (Å²) in [5, 5.41) is 7.71. The molecule has 2 fully saturated rings. The first-order valence-electron chi connectivity index (χ1n) is 6.66. The van der Waals surface area contributed by atoms with Crippen LogP contribution in [0.15, 0.2) is 12.4 Å². The van der Waals surface area contributed by atoms with Gasteiger partial charge in [0.2, 0.25) is 0 Å². The normalized spacial score (nSPS) is 24.5. The lowest BCUT2D eigenvalue weighted by Crippen LogP contribution is -2.38. The monoisotopic (exact) mass is 234 g/mol. The number of likely N-dealkylation sites (tertiary alicyclic amines) is 1. The number of hydrogen-bond donors (Lipinski definition) is 1. The van der Waals surface area contributed by atoms with Gasteiger partial charge in [-0.05, 0) is 44.3 Å². The molecule has 2 aliphatic heterocycles. The van der Waals surface area contributed by atoms with Gasteiger partial charge >= 0.3 is 0 Å². The smallest absolute Gasteiger partial charge is 0.0534 e. The number of aryl methyl sites for hydroxylation is 1. The predicted octanol–water partition coefficient (Wildman–Crippen LogP) is 0.996. The molecule has 0 aromatic carbocycles. The second kappa shape index (κ2) is 4.42. The average molecular weight is 234 g/mol. The van der Waals surface area contributed by atoms with Crippen LogP contribution in [0, 0.1) is 5.41 Å². The molecule has 94 valence electrons. The van der Waals surface area contributed by atoms with E-state index in [1.165, 1.54) is 51.0 Å². The van der Waals surface area contributed by atoms with Crippen LogP contribution in [0.1, 0.15) is 24.8 Å². The third-order valence-electron chi connectivity index (χ3n) is 4.35. The van der Waals surface area contributed by atoms with Crippen molar-refractivity contribution in [2.24, 2.45) is 12.5 Å². The minimum absolute atomic E-state index is 0.619. The number of aromatic nitrogens is 2. The van der Waals surface area contributed by atoms with Crippen molar-refractivity contribution in [1.29, 1.82) is 0 Å². The Labute approximate surface area is 103 Å². The van der Waals surface area contributed by atoms with Gasteiger partial charge in [0, 0.05) is 31.9 Å². The number of nitrogens with zero attached hydrogens (tertiary/aromatic N) is 3. The van der Waals surface area contributed by atoms with Crippen LogP contribution in [-0.4, -0.2) is 40.9 Å². The van der Waals surface area contributed by atoms with E-state index in [0.29, 0.717) is 5.41 Å². The highest BCUT2D eigenvalue weighted by Gasteiger charge is 2.38. The summed E-state index contributed by atoms with van der Waals surface area (Å²) in [7, 11) is 1.99. The van der Waals surface area contributed by atoms with Gasteiger partial charge in [-0.1, -0.05) is 0 Å². The highest BCUT2D eigenvalue weighted by Crippen LogP contribution is 2.38. The van der Waals surface area contributed by atoms with E-state index >= 15 is 0 Å². The summed E-state index contributed by atoms with van der Waals surface area (Å²) in [4.78, 5) is 2.60. The quantitative estimate of drug-likeness (QED) is 0.828. The van der Waals surface area contributed by atoms with E-state index in [4.69, 9.17) is 0 Å². The lowest BCUT2D eigenvalue weighted by molar-refractivity contribution is 0.194. The maximum atomic E-state index is 4.24. The SMILES string of the molecule is Cn1cc(CN2CCC3(CCNCC3)C2)cn1. The fourth-order valence-corrected chi connectivity index (χ4v) is 3.34. The molecule has 0 amide bonds. The summed E-state index contributed by atoms with van der Waals surface area (Å²) >= 11 is 0. The molecular weight excluding hydrogens is 212 g/mol. The van der Waals surface area contributed by atoms with Crippen LogP contribution in [0.3, 0.4) is 0 Å². The fourth-order valence-electron chi connectivity index (χ4n) is 3.34. The molecule has 0 aliphatic carbocycles. The van der Waals surface area contributed by atoms with Crippen molar-refractivity contribution in [2.45, 2.75) is 25.8 Å².